The second-order valence-electron chi connectivity index (χ2n) is 10.6. The fraction of sp³-hybridized carbons (Fsp3) is 0.448. The number of carboxylic acid groups (broad SMARTS) is 1. The molecule has 1 saturated carbocycles. The van der Waals surface area contributed by atoms with Crippen LogP contribution in [0.3, 0.4) is 0 Å². The zero-order valence-corrected chi connectivity index (χ0v) is 21.4. The third kappa shape index (κ3) is 5.37. The number of pyridine rings is 2. The molecule has 1 amide bonds. The predicted molar refractivity (Wildman–Crippen MR) is 141 cm³/mol. The molecule has 9 nitrogen and oxygen atoms in total. The van der Waals surface area contributed by atoms with E-state index in [1.807, 2.05) is 22.9 Å². The van der Waals surface area contributed by atoms with Gasteiger partial charge in [-0.05, 0) is 73.3 Å². The summed E-state index contributed by atoms with van der Waals surface area (Å²) in [6, 6.07) is 9.21. The minimum absolute atomic E-state index is 0.154. The van der Waals surface area contributed by atoms with Crippen molar-refractivity contribution in [1.29, 1.82) is 0 Å². The molecule has 9 heteroatoms. The molecule has 1 aliphatic carbocycles. The molecule has 5 heterocycles. The van der Waals surface area contributed by atoms with Crippen molar-refractivity contribution in [3.63, 3.8) is 0 Å². The van der Waals surface area contributed by atoms with E-state index in [0.29, 0.717) is 42.8 Å². The van der Waals surface area contributed by atoms with Crippen LogP contribution in [0.4, 0.5) is 5.82 Å². The van der Waals surface area contributed by atoms with Crippen LogP contribution in [0.1, 0.15) is 64.6 Å². The first kappa shape index (κ1) is 24.5. The van der Waals surface area contributed by atoms with Crippen LogP contribution in [0.15, 0.2) is 42.7 Å². The summed E-state index contributed by atoms with van der Waals surface area (Å²) in [5, 5.41) is 13.0. The van der Waals surface area contributed by atoms with Crippen LogP contribution in [0.25, 0.3) is 0 Å². The SMILES string of the molecule is O=C(O)C[C@@H](c1ccc(OCC2CC2)nc1)N1CCn2cc(CCc3ccc4c(n3)NCCC4)cc2C1=O. The molecule has 3 aromatic rings. The number of aryl methyl sites for hydroxylation is 3. The molecule has 0 aromatic carbocycles. The van der Waals surface area contributed by atoms with Crippen molar-refractivity contribution >= 4 is 17.7 Å². The normalized spacial score (nSPS) is 17.4. The Morgan fingerprint density at radius 2 is 2.08 bits per heavy atom. The Bertz CT molecular complexity index is 1330. The van der Waals surface area contributed by atoms with Crippen molar-refractivity contribution in [3.05, 3.63) is 70.8 Å². The van der Waals surface area contributed by atoms with Crippen LogP contribution in [-0.2, 0) is 30.6 Å². The summed E-state index contributed by atoms with van der Waals surface area (Å²) < 4.78 is 7.71. The van der Waals surface area contributed by atoms with E-state index >= 15 is 0 Å². The number of nitrogens with one attached hydrogen (secondary N) is 1. The molecule has 0 bridgehead atoms. The fourth-order valence-corrected chi connectivity index (χ4v) is 5.35. The highest BCUT2D eigenvalue weighted by molar-refractivity contribution is 5.94. The molecule has 0 spiro atoms. The second-order valence-corrected chi connectivity index (χ2v) is 10.6. The van der Waals surface area contributed by atoms with E-state index in [4.69, 9.17) is 9.72 Å². The summed E-state index contributed by atoms with van der Waals surface area (Å²) in [4.78, 5) is 36.1. The quantitative estimate of drug-likeness (QED) is 0.422. The molecule has 1 atom stereocenters. The molecule has 2 aliphatic heterocycles. The Hall–Kier alpha value is -3.88. The van der Waals surface area contributed by atoms with Crippen molar-refractivity contribution in [2.24, 2.45) is 5.92 Å². The first-order chi connectivity index (χ1) is 18.5. The summed E-state index contributed by atoms with van der Waals surface area (Å²) in [5.41, 5.74) is 4.69. The lowest BCUT2D eigenvalue weighted by Crippen LogP contribution is -2.43. The van der Waals surface area contributed by atoms with Crippen molar-refractivity contribution in [1.82, 2.24) is 19.4 Å². The van der Waals surface area contributed by atoms with Gasteiger partial charge in [-0.25, -0.2) is 9.97 Å². The summed E-state index contributed by atoms with van der Waals surface area (Å²) in [7, 11) is 0. The zero-order valence-electron chi connectivity index (χ0n) is 21.4. The van der Waals surface area contributed by atoms with Gasteiger partial charge in [0.2, 0.25) is 5.88 Å². The van der Waals surface area contributed by atoms with Crippen molar-refractivity contribution in [3.8, 4) is 5.88 Å². The van der Waals surface area contributed by atoms with E-state index in [-0.39, 0.29) is 12.3 Å². The number of nitrogens with zero attached hydrogens (tertiary/aromatic N) is 4. The summed E-state index contributed by atoms with van der Waals surface area (Å²) in [5.74, 6) is 1.04. The fourth-order valence-electron chi connectivity index (χ4n) is 5.35. The second kappa shape index (κ2) is 10.5. The molecule has 2 N–H and O–H groups in total. The number of rotatable bonds is 10. The first-order valence-electron chi connectivity index (χ1n) is 13.6. The van der Waals surface area contributed by atoms with Crippen molar-refractivity contribution < 1.29 is 19.4 Å². The summed E-state index contributed by atoms with van der Waals surface area (Å²) >= 11 is 0. The Morgan fingerprint density at radius 1 is 1.18 bits per heavy atom. The van der Waals surface area contributed by atoms with Crippen LogP contribution >= 0.6 is 0 Å². The van der Waals surface area contributed by atoms with E-state index in [0.717, 1.165) is 49.3 Å². The van der Waals surface area contributed by atoms with Gasteiger partial charge < -0.3 is 24.6 Å². The van der Waals surface area contributed by atoms with Crippen LogP contribution < -0.4 is 10.1 Å². The minimum Gasteiger partial charge on any atom is -0.481 e. The third-order valence-electron chi connectivity index (χ3n) is 7.69. The van der Waals surface area contributed by atoms with Gasteiger partial charge in [-0.15, -0.1) is 0 Å². The van der Waals surface area contributed by atoms with Gasteiger partial charge in [-0.3, -0.25) is 9.59 Å². The molecule has 3 aromatic heterocycles. The molecular weight excluding hydrogens is 482 g/mol. The predicted octanol–water partition coefficient (Wildman–Crippen LogP) is 3.88. The minimum atomic E-state index is -0.953. The maximum atomic E-state index is 13.6. The number of aromatic nitrogens is 3. The molecule has 0 radical (unpaired) electrons. The molecule has 3 aliphatic rings. The average Bonchev–Trinajstić information content (AvgIpc) is 3.67. The van der Waals surface area contributed by atoms with Crippen LogP contribution in [0.2, 0.25) is 0 Å². The highest BCUT2D eigenvalue weighted by Crippen LogP contribution is 2.31. The largest absolute Gasteiger partial charge is 0.481 e. The molecular formula is C29H33N5O4. The third-order valence-corrected chi connectivity index (χ3v) is 7.69. The van der Waals surface area contributed by atoms with Crippen LogP contribution in [0, 0.1) is 5.92 Å². The van der Waals surface area contributed by atoms with Gasteiger partial charge in [0.05, 0.1) is 19.1 Å². The lowest BCUT2D eigenvalue weighted by atomic mass is 10.0. The Balaban J connectivity index is 1.15. The number of hydrogen-bond acceptors (Lipinski definition) is 6. The molecule has 38 heavy (non-hydrogen) atoms. The summed E-state index contributed by atoms with van der Waals surface area (Å²) in [6.45, 7) is 2.68. The molecule has 0 saturated heterocycles. The smallest absolute Gasteiger partial charge is 0.305 e. The number of carbonyl (C=O) groups excluding carboxylic acids is 1. The lowest BCUT2D eigenvalue weighted by molar-refractivity contribution is -0.138. The monoisotopic (exact) mass is 515 g/mol. The van der Waals surface area contributed by atoms with Gasteiger partial charge in [0.15, 0.2) is 0 Å². The highest BCUT2D eigenvalue weighted by atomic mass is 16.5. The van der Waals surface area contributed by atoms with Crippen LogP contribution in [0.5, 0.6) is 5.88 Å². The summed E-state index contributed by atoms with van der Waals surface area (Å²) in [6.07, 6.45) is 9.67. The number of anilines is 1. The van der Waals surface area contributed by atoms with Gasteiger partial charge in [-0.1, -0.05) is 12.1 Å². The van der Waals surface area contributed by atoms with Crippen LogP contribution in [-0.4, -0.2) is 56.1 Å². The molecule has 1 fully saturated rings. The zero-order chi connectivity index (χ0) is 26.1. The average molecular weight is 516 g/mol. The van der Waals surface area contributed by atoms with E-state index in [1.165, 1.54) is 18.4 Å². The molecule has 198 valence electrons. The van der Waals surface area contributed by atoms with E-state index < -0.39 is 12.0 Å². The topological polar surface area (TPSA) is 110 Å². The van der Waals surface area contributed by atoms with E-state index in [1.54, 1.807) is 17.2 Å². The Labute approximate surface area is 221 Å². The van der Waals surface area contributed by atoms with Crippen molar-refractivity contribution in [2.45, 2.75) is 57.5 Å². The Morgan fingerprint density at radius 3 is 2.87 bits per heavy atom. The van der Waals surface area contributed by atoms with Gasteiger partial charge in [0, 0.05) is 43.8 Å². The van der Waals surface area contributed by atoms with E-state index in [2.05, 4.69) is 22.4 Å². The Kier molecular flexibility index (Phi) is 6.74. The maximum absolute atomic E-state index is 13.6. The highest BCUT2D eigenvalue weighted by Gasteiger charge is 2.33. The number of amides is 1. The standard InChI is InChI=1S/C29H33N5O4/c35-27(36)15-24(22-7-10-26(31-16-22)38-18-19-3-4-19)34-13-12-33-17-20(14-25(33)29(34)37)5-8-23-9-6-21-2-1-11-30-28(21)32-23/h6-7,9-10,14,16-17,19,24H,1-5,8,11-13,15,18H2,(H,30,32)(H,35,36)/t24-/m0/s1. The molecule has 6 rings (SSSR count). The number of ether oxygens (including phenoxy) is 1. The number of carboxylic acids is 1. The maximum Gasteiger partial charge on any atom is 0.305 e. The molecule has 0 unspecified atom stereocenters. The number of hydrogen-bond donors (Lipinski definition) is 2. The number of aliphatic carboxylic acids is 1. The first-order valence-corrected chi connectivity index (χ1v) is 13.6. The number of fused-ring (bicyclic) bond motifs is 2. The van der Waals surface area contributed by atoms with Gasteiger partial charge >= 0.3 is 5.97 Å². The van der Waals surface area contributed by atoms with Gasteiger partial charge in [0.1, 0.15) is 11.5 Å². The van der Waals surface area contributed by atoms with Gasteiger partial charge in [0.25, 0.3) is 5.91 Å². The number of carbonyl (C=O) groups is 2. The van der Waals surface area contributed by atoms with E-state index in [9.17, 15) is 14.7 Å². The lowest BCUT2D eigenvalue weighted by Gasteiger charge is -2.34. The van der Waals surface area contributed by atoms with Gasteiger partial charge in [-0.2, -0.15) is 0 Å². The van der Waals surface area contributed by atoms with Crippen molar-refractivity contribution in [2.75, 3.05) is 25.0 Å².